The number of furan rings is 2. The zero-order chi connectivity index (χ0) is 12.7. The quantitative estimate of drug-likeness (QED) is 0.757. The molecule has 0 bridgehead atoms. The van der Waals surface area contributed by atoms with Crippen molar-refractivity contribution in [2.24, 2.45) is 5.73 Å². The van der Waals surface area contributed by atoms with E-state index in [-0.39, 0.29) is 6.04 Å². The number of aryl methyl sites for hydroxylation is 1. The summed E-state index contributed by atoms with van der Waals surface area (Å²) in [5, 5.41) is 1.55. The highest BCUT2D eigenvalue weighted by molar-refractivity contribution is 6.34. The van der Waals surface area contributed by atoms with E-state index in [1.54, 1.807) is 12.3 Å². The average molecular weight is 262 g/mol. The predicted octanol–water partition coefficient (Wildman–Crippen LogP) is 4.04. The molecule has 0 aliphatic heterocycles. The number of hydrogen-bond donors (Lipinski definition) is 1. The number of para-hydroxylation sites is 1. The smallest absolute Gasteiger partial charge is 0.152 e. The van der Waals surface area contributed by atoms with Gasteiger partial charge in [-0.05, 0) is 25.1 Å². The summed E-state index contributed by atoms with van der Waals surface area (Å²) < 4.78 is 11.0. The molecule has 1 aromatic carbocycles. The Kier molecular flexibility index (Phi) is 2.65. The van der Waals surface area contributed by atoms with Crippen molar-refractivity contribution in [2.75, 3.05) is 0 Å². The number of benzene rings is 1. The van der Waals surface area contributed by atoms with E-state index in [2.05, 4.69) is 0 Å². The minimum absolute atomic E-state index is 0.341. The molecule has 0 spiro atoms. The van der Waals surface area contributed by atoms with E-state index >= 15 is 0 Å². The van der Waals surface area contributed by atoms with Gasteiger partial charge in [0, 0.05) is 10.9 Å². The average Bonchev–Trinajstić information content (AvgIpc) is 2.95. The third kappa shape index (κ3) is 1.72. The molecule has 1 unspecified atom stereocenters. The summed E-state index contributed by atoms with van der Waals surface area (Å²) in [6.45, 7) is 1.88. The predicted molar refractivity (Wildman–Crippen MR) is 70.7 cm³/mol. The van der Waals surface area contributed by atoms with Gasteiger partial charge in [-0.15, -0.1) is 0 Å². The molecule has 2 heterocycles. The highest BCUT2D eigenvalue weighted by atomic mass is 35.5. The normalized spacial score (nSPS) is 13.1. The molecular weight excluding hydrogens is 250 g/mol. The first-order valence-corrected chi connectivity index (χ1v) is 6.02. The zero-order valence-electron chi connectivity index (χ0n) is 9.81. The second kappa shape index (κ2) is 4.19. The summed E-state index contributed by atoms with van der Waals surface area (Å²) in [4.78, 5) is 0. The van der Waals surface area contributed by atoms with Crippen molar-refractivity contribution >= 4 is 22.6 Å². The SMILES string of the molecule is Cc1occc1C(N)c1cc2cccc(Cl)c2o1. The molecule has 2 aromatic heterocycles. The Hall–Kier alpha value is -1.71. The highest BCUT2D eigenvalue weighted by Crippen LogP contribution is 2.31. The van der Waals surface area contributed by atoms with Gasteiger partial charge in [-0.3, -0.25) is 0 Å². The molecule has 18 heavy (non-hydrogen) atoms. The van der Waals surface area contributed by atoms with Gasteiger partial charge in [0.15, 0.2) is 5.58 Å². The fourth-order valence-corrected chi connectivity index (χ4v) is 2.29. The van der Waals surface area contributed by atoms with Gasteiger partial charge in [-0.1, -0.05) is 23.7 Å². The standard InChI is InChI=1S/C14H12ClNO2/c1-8-10(5-6-17-8)13(16)12-7-9-3-2-4-11(15)14(9)18-12/h2-7,13H,16H2,1H3. The van der Waals surface area contributed by atoms with Crippen LogP contribution in [0.5, 0.6) is 0 Å². The van der Waals surface area contributed by atoms with Crippen molar-refractivity contribution in [1.29, 1.82) is 0 Å². The maximum atomic E-state index is 6.18. The molecular formula is C14H12ClNO2. The lowest BCUT2D eigenvalue weighted by molar-refractivity contribution is 0.504. The van der Waals surface area contributed by atoms with Crippen molar-refractivity contribution in [3.63, 3.8) is 0 Å². The number of nitrogens with two attached hydrogens (primary N) is 1. The number of rotatable bonds is 2. The third-order valence-corrected chi connectivity index (χ3v) is 3.35. The monoisotopic (exact) mass is 261 g/mol. The van der Waals surface area contributed by atoms with E-state index < -0.39 is 0 Å². The molecule has 0 fully saturated rings. The van der Waals surface area contributed by atoms with Crippen molar-refractivity contribution in [3.05, 3.63) is 58.7 Å². The molecule has 0 aliphatic rings. The number of hydrogen-bond acceptors (Lipinski definition) is 3. The summed E-state index contributed by atoms with van der Waals surface area (Å²) in [6, 6.07) is 9.06. The van der Waals surface area contributed by atoms with Crippen LogP contribution in [0.15, 0.2) is 45.4 Å². The molecule has 3 rings (SSSR count). The van der Waals surface area contributed by atoms with Crippen LogP contribution in [0.25, 0.3) is 11.0 Å². The Morgan fingerprint density at radius 1 is 1.28 bits per heavy atom. The third-order valence-electron chi connectivity index (χ3n) is 3.06. The first-order chi connectivity index (χ1) is 8.66. The molecule has 92 valence electrons. The summed E-state index contributed by atoms with van der Waals surface area (Å²) in [5.41, 5.74) is 7.77. The van der Waals surface area contributed by atoms with Crippen LogP contribution in [0.1, 0.15) is 23.1 Å². The lowest BCUT2D eigenvalue weighted by atomic mass is 10.1. The van der Waals surface area contributed by atoms with E-state index in [1.807, 2.05) is 31.2 Å². The van der Waals surface area contributed by atoms with Crippen LogP contribution in [-0.2, 0) is 0 Å². The maximum absolute atomic E-state index is 6.18. The molecule has 1 atom stereocenters. The maximum Gasteiger partial charge on any atom is 0.152 e. The van der Waals surface area contributed by atoms with Crippen LogP contribution in [0, 0.1) is 6.92 Å². The van der Waals surface area contributed by atoms with Gasteiger partial charge in [0.2, 0.25) is 0 Å². The van der Waals surface area contributed by atoms with Crippen molar-refractivity contribution in [1.82, 2.24) is 0 Å². The molecule has 4 heteroatoms. The van der Waals surface area contributed by atoms with Crippen LogP contribution in [-0.4, -0.2) is 0 Å². The number of halogens is 1. The molecule has 0 aliphatic carbocycles. The van der Waals surface area contributed by atoms with Crippen LogP contribution >= 0.6 is 11.6 Å². The van der Waals surface area contributed by atoms with Crippen molar-refractivity contribution in [3.8, 4) is 0 Å². The molecule has 0 radical (unpaired) electrons. The molecule has 3 aromatic rings. The first-order valence-electron chi connectivity index (χ1n) is 5.64. The minimum atomic E-state index is -0.341. The van der Waals surface area contributed by atoms with E-state index in [4.69, 9.17) is 26.2 Å². The van der Waals surface area contributed by atoms with Crippen molar-refractivity contribution < 1.29 is 8.83 Å². The highest BCUT2D eigenvalue weighted by Gasteiger charge is 2.18. The second-order valence-electron chi connectivity index (χ2n) is 4.22. The lowest BCUT2D eigenvalue weighted by Crippen LogP contribution is -2.10. The Bertz CT molecular complexity index is 699. The van der Waals surface area contributed by atoms with E-state index in [0.29, 0.717) is 16.4 Å². The largest absolute Gasteiger partial charge is 0.469 e. The summed E-state index contributed by atoms with van der Waals surface area (Å²) >= 11 is 6.08. The topological polar surface area (TPSA) is 52.3 Å². The van der Waals surface area contributed by atoms with Gasteiger partial charge in [0.05, 0.1) is 17.3 Å². The Balaban J connectivity index is 2.10. The van der Waals surface area contributed by atoms with Crippen molar-refractivity contribution in [2.45, 2.75) is 13.0 Å². The van der Waals surface area contributed by atoms with Crippen LogP contribution in [0.2, 0.25) is 5.02 Å². The second-order valence-corrected chi connectivity index (χ2v) is 4.62. The Morgan fingerprint density at radius 2 is 2.11 bits per heavy atom. The molecule has 0 saturated heterocycles. The van der Waals surface area contributed by atoms with Crippen LogP contribution < -0.4 is 5.73 Å². The summed E-state index contributed by atoms with van der Waals surface area (Å²) in [6.07, 6.45) is 1.63. The first kappa shape index (κ1) is 11.4. The van der Waals surface area contributed by atoms with Gasteiger partial charge >= 0.3 is 0 Å². The van der Waals surface area contributed by atoms with E-state index in [1.165, 1.54) is 0 Å². The molecule has 3 nitrogen and oxygen atoms in total. The minimum Gasteiger partial charge on any atom is -0.469 e. The van der Waals surface area contributed by atoms with E-state index in [9.17, 15) is 0 Å². The van der Waals surface area contributed by atoms with Gasteiger partial charge in [-0.25, -0.2) is 0 Å². The van der Waals surface area contributed by atoms with Gasteiger partial charge < -0.3 is 14.6 Å². The lowest BCUT2D eigenvalue weighted by Gasteiger charge is -2.06. The Labute approximate surface area is 109 Å². The van der Waals surface area contributed by atoms with E-state index in [0.717, 1.165) is 16.7 Å². The Morgan fingerprint density at radius 3 is 2.78 bits per heavy atom. The fourth-order valence-electron chi connectivity index (χ4n) is 2.07. The van der Waals surface area contributed by atoms with Gasteiger partial charge in [0.1, 0.15) is 11.5 Å². The number of fused-ring (bicyclic) bond motifs is 1. The van der Waals surface area contributed by atoms with Gasteiger partial charge in [-0.2, -0.15) is 0 Å². The fraction of sp³-hybridized carbons (Fsp3) is 0.143. The molecule has 0 amide bonds. The summed E-state index contributed by atoms with van der Waals surface area (Å²) in [7, 11) is 0. The van der Waals surface area contributed by atoms with Gasteiger partial charge in [0.25, 0.3) is 0 Å². The van der Waals surface area contributed by atoms with Crippen LogP contribution in [0.4, 0.5) is 0 Å². The molecule has 2 N–H and O–H groups in total. The summed E-state index contributed by atoms with van der Waals surface area (Å²) in [5.74, 6) is 1.48. The van der Waals surface area contributed by atoms with Crippen LogP contribution in [0.3, 0.4) is 0 Å². The zero-order valence-corrected chi connectivity index (χ0v) is 10.6. The molecule has 0 saturated carbocycles.